The van der Waals surface area contributed by atoms with E-state index in [9.17, 15) is 0 Å². The maximum atomic E-state index is 2.91. The maximum absolute atomic E-state index is 2.91. The molecule has 1 fully saturated rings. The molecule has 1 heteroatoms. The minimum atomic E-state index is -1.99. The van der Waals surface area contributed by atoms with Gasteiger partial charge in [0.05, 0.1) is 0 Å². The van der Waals surface area contributed by atoms with Crippen molar-refractivity contribution in [3.05, 3.63) is 10.2 Å². The van der Waals surface area contributed by atoms with Gasteiger partial charge in [-0.2, -0.15) is 0 Å². The van der Waals surface area contributed by atoms with Crippen molar-refractivity contribution in [1.82, 2.24) is 0 Å². The molecule has 0 saturated heterocycles. The van der Waals surface area contributed by atoms with Crippen molar-refractivity contribution in [3.8, 4) is 0 Å². The SMILES string of the molecule is CCC[CH2][Sn](/[CH]=C/C1CCC(C)CC1)([CH2]CCC)[CH2]CCC. The van der Waals surface area contributed by atoms with Gasteiger partial charge < -0.3 is 0 Å². The summed E-state index contributed by atoms with van der Waals surface area (Å²) in [7, 11) is 0. The van der Waals surface area contributed by atoms with Crippen LogP contribution in [-0.2, 0) is 0 Å². The molecule has 0 amide bonds. The normalized spacial score (nSPS) is 23.3. The average molecular weight is 413 g/mol. The fourth-order valence-corrected chi connectivity index (χ4v) is 18.6. The molecule has 0 aliphatic heterocycles. The molecule has 0 aromatic carbocycles. The van der Waals surface area contributed by atoms with E-state index < -0.39 is 18.4 Å². The number of unbranched alkanes of at least 4 members (excludes halogenated alkanes) is 3. The van der Waals surface area contributed by atoms with Crippen LogP contribution >= 0.6 is 0 Å². The summed E-state index contributed by atoms with van der Waals surface area (Å²) in [5.41, 5.74) is 0. The molecule has 0 unspecified atom stereocenters. The third kappa shape index (κ3) is 7.88. The molecule has 1 aliphatic rings. The molecule has 0 N–H and O–H groups in total. The average Bonchev–Trinajstić information content (AvgIpc) is 2.55. The van der Waals surface area contributed by atoms with E-state index >= 15 is 0 Å². The van der Waals surface area contributed by atoms with Crippen molar-refractivity contribution >= 4 is 18.4 Å². The van der Waals surface area contributed by atoms with E-state index in [0.717, 1.165) is 11.8 Å². The summed E-state index contributed by atoms with van der Waals surface area (Å²) in [5, 5.41) is 0. The van der Waals surface area contributed by atoms with E-state index in [4.69, 9.17) is 0 Å². The molecule has 0 nitrogen and oxygen atoms in total. The molecular formula is C21H42Sn. The predicted molar refractivity (Wildman–Crippen MR) is 105 cm³/mol. The van der Waals surface area contributed by atoms with Gasteiger partial charge in [-0.1, -0.05) is 0 Å². The molecule has 1 saturated carbocycles. The monoisotopic (exact) mass is 414 g/mol. The van der Waals surface area contributed by atoms with Gasteiger partial charge in [-0.25, -0.2) is 0 Å². The quantitative estimate of drug-likeness (QED) is 0.304. The Hall–Kier alpha value is 0.539. The van der Waals surface area contributed by atoms with Crippen molar-refractivity contribution in [2.45, 2.75) is 105 Å². The topological polar surface area (TPSA) is 0 Å². The second-order valence-corrected chi connectivity index (χ2v) is 21.1. The molecule has 22 heavy (non-hydrogen) atoms. The molecule has 0 bridgehead atoms. The van der Waals surface area contributed by atoms with Gasteiger partial charge in [0, 0.05) is 0 Å². The molecule has 0 spiro atoms. The van der Waals surface area contributed by atoms with Crippen molar-refractivity contribution in [2.24, 2.45) is 11.8 Å². The first-order valence-corrected chi connectivity index (χ1v) is 18.0. The van der Waals surface area contributed by atoms with Crippen molar-refractivity contribution in [3.63, 3.8) is 0 Å². The van der Waals surface area contributed by atoms with Crippen molar-refractivity contribution in [1.29, 1.82) is 0 Å². The van der Waals surface area contributed by atoms with Crippen LogP contribution in [0.2, 0.25) is 13.3 Å². The standard InChI is InChI=1S/C9H15.3C4H9.Sn/c1-3-9-6-4-8(2)5-7-9;3*1-3-4-2;/h1,3,8-9H,4-7H2,2H3;3*1,3-4H2,2H3;. The Labute approximate surface area is 145 Å². The third-order valence-electron chi connectivity index (χ3n) is 5.87. The van der Waals surface area contributed by atoms with E-state index in [1.807, 2.05) is 0 Å². The van der Waals surface area contributed by atoms with Gasteiger partial charge in [0.15, 0.2) is 0 Å². The Morgan fingerprint density at radius 1 is 0.773 bits per heavy atom. The van der Waals surface area contributed by atoms with E-state index in [-0.39, 0.29) is 0 Å². The zero-order chi connectivity index (χ0) is 16.3. The van der Waals surface area contributed by atoms with Crippen LogP contribution in [-0.4, -0.2) is 18.4 Å². The van der Waals surface area contributed by atoms with Gasteiger partial charge in [-0.15, -0.1) is 0 Å². The van der Waals surface area contributed by atoms with E-state index in [1.54, 1.807) is 13.3 Å². The summed E-state index contributed by atoms with van der Waals surface area (Å²) in [6, 6.07) is 0. The first-order chi connectivity index (χ1) is 10.7. The summed E-state index contributed by atoms with van der Waals surface area (Å²) >= 11 is -1.99. The van der Waals surface area contributed by atoms with Crippen LogP contribution in [0.15, 0.2) is 10.2 Å². The van der Waals surface area contributed by atoms with Crippen molar-refractivity contribution in [2.75, 3.05) is 0 Å². The fourth-order valence-electron chi connectivity index (χ4n) is 4.03. The van der Waals surface area contributed by atoms with Gasteiger partial charge in [-0.05, 0) is 0 Å². The summed E-state index contributed by atoms with van der Waals surface area (Å²) in [6.45, 7) is 9.57. The van der Waals surface area contributed by atoms with Crippen LogP contribution in [0.1, 0.15) is 91.9 Å². The van der Waals surface area contributed by atoms with E-state index in [0.29, 0.717) is 0 Å². The summed E-state index contributed by atoms with van der Waals surface area (Å²) < 4.78 is 7.80. The Balaban J connectivity index is 2.70. The zero-order valence-electron chi connectivity index (χ0n) is 16.0. The summed E-state index contributed by atoms with van der Waals surface area (Å²) in [4.78, 5) is 0. The van der Waals surface area contributed by atoms with Crippen molar-refractivity contribution < 1.29 is 0 Å². The molecular weight excluding hydrogens is 371 g/mol. The first kappa shape index (κ1) is 20.6. The Morgan fingerprint density at radius 2 is 1.23 bits per heavy atom. The molecule has 0 radical (unpaired) electrons. The van der Waals surface area contributed by atoms with Crippen LogP contribution in [0.4, 0.5) is 0 Å². The van der Waals surface area contributed by atoms with Crippen LogP contribution in [0, 0.1) is 11.8 Å². The summed E-state index contributed by atoms with van der Waals surface area (Å²) in [6.07, 6.45) is 17.3. The second kappa shape index (κ2) is 12.0. The molecule has 1 aliphatic carbocycles. The second-order valence-electron chi connectivity index (χ2n) is 8.05. The van der Waals surface area contributed by atoms with Crippen LogP contribution in [0.25, 0.3) is 0 Å². The van der Waals surface area contributed by atoms with Gasteiger partial charge in [0.25, 0.3) is 0 Å². The first-order valence-electron chi connectivity index (χ1n) is 10.3. The van der Waals surface area contributed by atoms with Crippen LogP contribution in [0.3, 0.4) is 0 Å². The van der Waals surface area contributed by atoms with Crippen LogP contribution < -0.4 is 0 Å². The zero-order valence-corrected chi connectivity index (χ0v) is 18.9. The number of rotatable bonds is 11. The Morgan fingerprint density at radius 3 is 1.64 bits per heavy atom. The fraction of sp³-hybridized carbons (Fsp3) is 0.905. The van der Waals surface area contributed by atoms with E-state index in [1.165, 1.54) is 64.2 Å². The number of hydrogen-bond donors (Lipinski definition) is 0. The van der Waals surface area contributed by atoms with Crippen LogP contribution in [0.5, 0.6) is 0 Å². The van der Waals surface area contributed by atoms with Gasteiger partial charge in [-0.3, -0.25) is 0 Å². The predicted octanol–water partition coefficient (Wildman–Crippen LogP) is 7.76. The Kier molecular flexibility index (Phi) is 11.2. The van der Waals surface area contributed by atoms with Gasteiger partial charge in [0.1, 0.15) is 0 Å². The third-order valence-corrected chi connectivity index (χ3v) is 20.0. The molecule has 130 valence electrons. The van der Waals surface area contributed by atoms with E-state index in [2.05, 4.69) is 37.9 Å². The number of hydrogen-bond acceptors (Lipinski definition) is 0. The van der Waals surface area contributed by atoms with Gasteiger partial charge in [0.2, 0.25) is 0 Å². The summed E-state index contributed by atoms with van der Waals surface area (Å²) in [5.74, 6) is 1.91. The minimum absolute atomic E-state index is 0.928. The van der Waals surface area contributed by atoms with Gasteiger partial charge >= 0.3 is 146 Å². The Bertz CT molecular complexity index is 265. The number of allylic oxidation sites excluding steroid dienone is 1. The molecule has 0 aromatic heterocycles. The molecule has 0 atom stereocenters. The molecule has 0 aromatic rings. The molecule has 1 rings (SSSR count). The molecule has 0 heterocycles.